The first-order valence-electron chi connectivity index (χ1n) is 5.81. The Hall–Kier alpha value is -1.88. The lowest BCUT2D eigenvalue weighted by atomic mass is 10.1. The number of hydrogen-bond acceptors (Lipinski definition) is 2. The number of alkyl halides is 3. The van der Waals surface area contributed by atoms with Gasteiger partial charge >= 0.3 is 6.18 Å². The van der Waals surface area contributed by atoms with Gasteiger partial charge in [0.2, 0.25) is 0 Å². The second-order valence-electron chi connectivity index (χ2n) is 4.28. The van der Waals surface area contributed by atoms with Crippen LogP contribution in [0.25, 0.3) is 0 Å². The van der Waals surface area contributed by atoms with Gasteiger partial charge in [-0.3, -0.25) is 0 Å². The third-order valence-electron chi connectivity index (χ3n) is 2.74. The van der Waals surface area contributed by atoms with Gasteiger partial charge in [0, 0.05) is 22.9 Å². The Morgan fingerprint density at radius 2 is 1.85 bits per heavy atom. The summed E-state index contributed by atoms with van der Waals surface area (Å²) in [6, 6.07) is 10.8. The van der Waals surface area contributed by atoms with Crippen LogP contribution in [-0.2, 0) is 12.7 Å². The molecule has 0 amide bonds. The molecule has 6 heteroatoms. The largest absolute Gasteiger partial charge is 0.418 e. The van der Waals surface area contributed by atoms with Crippen molar-refractivity contribution >= 4 is 23.0 Å². The fourth-order valence-corrected chi connectivity index (χ4v) is 1.98. The van der Waals surface area contributed by atoms with Gasteiger partial charge in [-0.2, -0.15) is 13.2 Å². The molecule has 0 saturated heterocycles. The van der Waals surface area contributed by atoms with Crippen LogP contribution >= 0.6 is 11.6 Å². The van der Waals surface area contributed by atoms with E-state index in [4.69, 9.17) is 17.3 Å². The Labute approximate surface area is 119 Å². The third kappa shape index (κ3) is 3.57. The predicted octanol–water partition coefficient (Wildman–Crippen LogP) is 4.55. The third-order valence-corrected chi connectivity index (χ3v) is 2.98. The van der Waals surface area contributed by atoms with Crippen LogP contribution in [-0.4, -0.2) is 0 Å². The monoisotopic (exact) mass is 300 g/mol. The van der Waals surface area contributed by atoms with Crippen LogP contribution in [0.3, 0.4) is 0 Å². The van der Waals surface area contributed by atoms with E-state index < -0.39 is 11.7 Å². The summed E-state index contributed by atoms with van der Waals surface area (Å²) < 4.78 is 38.2. The molecule has 2 aromatic carbocycles. The van der Waals surface area contributed by atoms with Crippen LogP contribution in [0.4, 0.5) is 24.5 Å². The second kappa shape index (κ2) is 5.63. The summed E-state index contributed by atoms with van der Waals surface area (Å²) in [7, 11) is 0. The minimum atomic E-state index is -4.46. The van der Waals surface area contributed by atoms with E-state index in [1.807, 2.05) is 6.07 Å². The van der Waals surface area contributed by atoms with E-state index in [0.29, 0.717) is 17.3 Å². The molecule has 0 heterocycles. The van der Waals surface area contributed by atoms with E-state index in [1.165, 1.54) is 12.1 Å². The van der Waals surface area contributed by atoms with E-state index >= 15 is 0 Å². The maximum Gasteiger partial charge on any atom is 0.418 e. The van der Waals surface area contributed by atoms with Crippen LogP contribution in [0.15, 0.2) is 42.5 Å². The number of nitrogen functional groups attached to an aromatic ring is 1. The lowest BCUT2D eigenvalue weighted by Gasteiger charge is -2.13. The van der Waals surface area contributed by atoms with E-state index in [9.17, 15) is 13.2 Å². The summed E-state index contributed by atoms with van der Waals surface area (Å²) >= 11 is 5.84. The molecular weight excluding hydrogens is 289 g/mol. The van der Waals surface area contributed by atoms with Crippen LogP contribution in [0, 0.1) is 0 Å². The molecule has 0 saturated carbocycles. The topological polar surface area (TPSA) is 38.0 Å². The number of hydrogen-bond donors (Lipinski definition) is 2. The lowest BCUT2D eigenvalue weighted by Crippen LogP contribution is -2.10. The highest BCUT2D eigenvalue weighted by Gasteiger charge is 2.33. The van der Waals surface area contributed by atoms with Crippen LogP contribution in [0.1, 0.15) is 11.1 Å². The Bertz CT molecular complexity index is 612. The van der Waals surface area contributed by atoms with Crippen LogP contribution < -0.4 is 11.1 Å². The summed E-state index contributed by atoms with van der Waals surface area (Å²) in [6.07, 6.45) is -4.46. The molecule has 0 atom stereocenters. The molecule has 0 spiro atoms. The highest BCUT2D eigenvalue weighted by Crippen LogP contribution is 2.35. The fraction of sp³-hybridized carbons (Fsp3) is 0.143. The van der Waals surface area contributed by atoms with Gasteiger partial charge in [0.1, 0.15) is 0 Å². The molecule has 0 aliphatic heterocycles. The number of rotatable bonds is 3. The van der Waals surface area contributed by atoms with E-state index in [0.717, 1.165) is 11.6 Å². The van der Waals surface area contributed by atoms with Crippen molar-refractivity contribution in [2.24, 2.45) is 0 Å². The summed E-state index contributed by atoms with van der Waals surface area (Å²) in [5.41, 5.74) is 5.44. The first-order chi connectivity index (χ1) is 9.36. The Morgan fingerprint density at radius 3 is 2.50 bits per heavy atom. The summed E-state index contributed by atoms with van der Waals surface area (Å²) in [6.45, 7) is 0.377. The van der Waals surface area contributed by atoms with Crippen molar-refractivity contribution in [3.8, 4) is 0 Å². The molecule has 3 N–H and O–H groups in total. The lowest BCUT2D eigenvalue weighted by molar-refractivity contribution is -0.136. The standard InChI is InChI=1S/C14H12ClF3N2/c15-10-3-1-2-9(6-10)8-20-11-4-5-13(19)12(7-11)14(16,17)18/h1-7,20H,8,19H2. The molecule has 0 aromatic heterocycles. The van der Waals surface area contributed by atoms with Gasteiger partial charge in [-0.15, -0.1) is 0 Å². The molecule has 2 rings (SSSR count). The highest BCUT2D eigenvalue weighted by molar-refractivity contribution is 6.30. The molecule has 0 aliphatic carbocycles. The number of nitrogens with two attached hydrogens (primary N) is 1. The smallest absolute Gasteiger partial charge is 0.398 e. The molecule has 0 bridgehead atoms. The van der Waals surface area contributed by atoms with Gasteiger partial charge < -0.3 is 11.1 Å². The van der Waals surface area contributed by atoms with Crippen molar-refractivity contribution in [3.05, 3.63) is 58.6 Å². The molecule has 2 nitrogen and oxygen atoms in total. The van der Waals surface area contributed by atoms with Crippen molar-refractivity contribution in [2.75, 3.05) is 11.1 Å². The minimum Gasteiger partial charge on any atom is -0.398 e. The zero-order valence-corrected chi connectivity index (χ0v) is 11.1. The van der Waals surface area contributed by atoms with Gasteiger partial charge in [0.25, 0.3) is 0 Å². The quantitative estimate of drug-likeness (QED) is 0.816. The molecule has 20 heavy (non-hydrogen) atoms. The predicted molar refractivity (Wildman–Crippen MR) is 74.6 cm³/mol. The Balaban J connectivity index is 2.14. The normalized spacial score (nSPS) is 11.4. The SMILES string of the molecule is Nc1ccc(NCc2cccc(Cl)c2)cc1C(F)(F)F. The van der Waals surface area contributed by atoms with Gasteiger partial charge in [0.05, 0.1) is 5.56 Å². The van der Waals surface area contributed by atoms with Crippen LogP contribution in [0.2, 0.25) is 5.02 Å². The van der Waals surface area contributed by atoms with Gasteiger partial charge in [-0.1, -0.05) is 23.7 Å². The number of benzene rings is 2. The average molecular weight is 301 g/mol. The van der Waals surface area contributed by atoms with Crippen molar-refractivity contribution in [1.29, 1.82) is 0 Å². The van der Waals surface area contributed by atoms with E-state index in [-0.39, 0.29) is 5.69 Å². The zero-order chi connectivity index (χ0) is 14.8. The molecule has 106 valence electrons. The zero-order valence-electron chi connectivity index (χ0n) is 10.3. The van der Waals surface area contributed by atoms with Gasteiger partial charge in [-0.05, 0) is 35.9 Å². The summed E-state index contributed by atoms with van der Waals surface area (Å²) in [4.78, 5) is 0. The molecular formula is C14H12ClF3N2. The number of anilines is 2. The van der Waals surface area contributed by atoms with Crippen molar-refractivity contribution in [3.63, 3.8) is 0 Å². The average Bonchev–Trinajstić information content (AvgIpc) is 2.36. The van der Waals surface area contributed by atoms with E-state index in [1.54, 1.807) is 18.2 Å². The first-order valence-corrected chi connectivity index (χ1v) is 6.19. The van der Waals surface area contributed by atoms with Crippen molar-refractivity contribution < 1.29 is 13.2 Å². The van der Waals surface area contributed by atoms with Gasteiger partial charge in [-0.25, -0.2) is 0 Å². The van der Waals surface area contributed by atoms with Crippen molar-refractivity contribution in [2.45, 2.75) is 12.7 Å². The molecule has 0 aliphatic rings. The molecule has 0 radical (unpaired) electrons. The Morgan fingerprint density at radius 1 is 1.10 bits per heavy atom. The Kier molecular flexibility index (Phi) is 4.09. The number of nitrogens with one attached hydrogen (secondary N) is 1. The summed E-state index contributed by atoms with van der Waals surface area (Å²) in [5.74, 6) is 0. The fourth-order valence-electron chi connectivity index (χ4n) is 1.76. The minimum absolute atomic E-state index is 0.286. The molecule has 0 unspecified atom stereocenters. The maximum absolute atomic E-state index is 12.7. The van der Waals surface area contributed by atoms with Crippen molar-refractivity contribution in [1.82, 2.24) is 0 Å². The summed E-state index contributed by atoms with van der Waals surface area (Å²) in [5, 5.41) is 3.49. The maximum atomic E-state index is 12.7. The number of halogens is 4. The molecule has 0 fully saturated rings. The molecule has 2 aromatic rings. The highest BCUT2D eigenvalue weighted by atomic mass is 35.5. The second-order valence-corrected chi connectivity index (χ2v) is 4.72. The van der Waals surface area contributed by atoms with E-state index in [2.05, 4.69) is 5.32 Å². The van der Waals surface area contributed by atoms with Crippen LogP contribution in [0.5, 0.6) is 0 Å². The first kappa shape index (κ1) is 14.5. The van der Waals surface area contributed by atoms with Gasteiger partial charge in [0.15, 0.2) is 0 Å².